The Bertz CT molecular complexity index is 184. The standard InChI is InChI=1S/C7H11F2NO2/c1-5(11)12-6-4-10-3-2-7(6,8)9/h6,10H,2-4H2,1H3/t6-/m0/s1. The van der Waals surface area contributed by atoms with Crippen LogP contribution < -0.4 is 5.32 Å². The molecule has 0 amide bonds. The number of piperidine rings is 1. The number of halogens is 2. The first kappa shape index (κ1) is 9.38. The SMILES string of the molecule is CC(=O)O[C@H]1CNCCC1(F)F. The number of hydrogen-bond acceptors (Lipinski definition) is 3. The van der Waals surface area contributed by atoms with Crippen LogP contribution in [0.4, 0.5) is 8.78 Å². The molecule has 0 unspecified atom stereocenters. The molecule has 1 aliphatic heterocycles. The highest BCUT2D eigenvalue weighted by Crippen LogP contribution is 2.27. The van der Waals surface area contributed by atoms with Crippen LogP contribution in [0, 0.1) is 0 Å². The molecule has 0 saturated carbocycles. The van der Waals surface area contributed by atoms with E-state index in [1.165, 1.54) is 0 Å². The highest BCUT2D eigenvalue weighted by molar-refractivity contribution is 5.66. The van der Waals surface area contributed by atoms with Gasteiger partial charge in [0.1, 0.15) is 0 Å². The van der Waals surface area contributed by atoms with Gasteiger partial charge in [0.2, 0.25) is 0 Å². The van der Waals surface area contributed by atoms with Crippen LogP contribution in [-0.2, 0) is 9.53 Å². The van der Waals surface area contributed by atoms with E-state index in [4.69, 9.17) is 0 Å². The number of rotatable bonds is 1. The number of alkyl halides is 2. The summed E-state index contributed by atoms with van der Waals surface area (Å²) >= 11 is 0. The molecule has 1 heterocycles. The number of ether oxygens (including phenoxy) is 1. The zero-order chi connectivity index (χ0) is 9.19. The van der Waals surface area contributed by atoms with Gasteiger partial charge in [0.25, 0.3) is 5.92 Å². The van der Waals surface area contributed by atoms with Crippen molar-refractivity contribution >= 4 is 5.97 Å². The van der Waals surface area contributed by atoms with E-state index in [0.717, 1.165) is 6.92 Å². The fraction of sp³-hybridized carbons (Fsp3) is 0.857. The Morgan fingerprint density at radius 3 is 2.83 bits per heavy atom. The van der Waals surface area contributed by atoms with E-state index < -0.39 is 18.0 Å². The molecule has 0 spiro atoms. The largest absolute Gasteiger partial charge is 0.455 e. The third-order valence-electron chi connectivity index (χ3n) is 1.74. The molecule has 0 radical (unpaired) electrons. The minimum atomic E-state index is -2.88. The van der Waals surface area contributed by atoms with E-state index >= 15 is 0 Å². The van der Waals surface area contributed by atoms with Gasteiger partial charge < -0.3 is 10.1 Å². The summed E-state index contributed by atoms with van der Waals surface area (Å²) in [6.45, 7) is 1.43. The second-order valence-electron chi connectivity index (χ2n) is 2.81. The molecule has 5 heteroatoms. The smallest absolute Gasteiger partial charge is 0.303 e. The molecular weight excluding hydrogens is 168 g/mol. The van der Waals surface area contributed by atoms with Gasteiger partial charge in [-0.1, -0.05) is 0 Å². The first-order valence-electron chi connectivity index (χ1n) is 3.78. The summed E-state index contributed by atoms with van der Waals surface area (Å²) in [6, 6.07) is 0. The molecule has 0 aromatic carbocycles. The van der Waals surface area contributed by atoms with Gasteiger partial charge in [-0.3, -0.25) is 4.79 Å². The molecule has 1 fully saturated rings. The number of carbonyl (C=O) groups excluding carboxylic acids is 1. The number of nitrogens with one attached hydrogen (secondary N) is 1. The monoisotopic (exact) mass is 179 g/mol. The Kier molecular flexibility index (Phi) is 2.62. The van der Waals surface area contributed by atoms with Crippen molar-refractivity contribution in [2.24, 2.45) is 0 Å². The normalized spacial score (nSPS) is 28.1. The lowest BCUT2D eigenvalue weighted by Gasteiger charge is -2.30. The van der Waals surface area contributed by atoms with Crippen molar-refractivity contribution in [1.29, 1.82) is 0 Å². The maximum absolute atomic E-state index is 12.9. The minimum absolute atomic E-state index is 0.0343. The van der Waals surface area contributed by atoms with Crippen molar-refractivity contribution in [2.75, 3.05) is 13.1 Å². The average molecular weight is 179 g/mol. The highest BCUT2D eigenvalue weighted by Gasteiger charge is 2.43. The fourth-order valence-electron chi connectivity index (χ4n) is 1.13. The molecule has 1 saturated heterocycles. The summed E-state index contributed by atoms with van der Waals surface area (Å²) in [5, 5.41) is 2.74. The molecule has 0 aliphatic carbocycles. The van der Waals surface area contributed by atoms with Crippen molar-refractivity contribution < 1.29 is 18.3 Å². The lowest BCUT2D eigenvalue weighted by atomic mass is 10.1. The topological polar surface area (TPSA) is 38.3 Å². The van der Waals surface area contributed by atoms with Gasteiger partial charge in [0, 0.05) is 26.4 Å². The van der Waals surface area contributed by atoms with Crippen molar-refractivity contribution in [1.82, 2.24) is 5.32 Å². The van der Waals surface area contributed by atoms with E-state index in [-0.39, 0.29) is 19.5 Å². The van der Waals surface area contributed by atoms with E-state index in [1.807, 2.05) is 0 Å². The highest BCUT2D eigenvalue weighted by atomic mass is 19.3. The van der Waals surface area contributed by atoms with E-state index in [0.29, 0.717) is 0 Å². The van der Waals surface area contributed by atoms with Crippen LogP contribution in [0.25, 0.3) is 0 Å². The van der Waals surface area contributed by atoms with Gasteiger partial charge in [0.05, 0.1) is 0 Å². The average Bonchev–Trinajstić information content (AvgIpc) is 1.92. The third kappa shape index (κ3) is 2.14. The van der Waals surface area contributed by atoms with Gasteiger partial charge in [0.15, 0.2) is 6.10 Å². The van der Waals surface area contributed by atoms with Gasteiger partial charge >= 0.3 is 5.97 Å². The lowest BCUT2D eigenvalue weighted by molar-refractivity contribution is -0.176. The van der Waals surface area contributed by atoms with Crippen LogP contribution in [-0.4, -0.2) is 31.1 Å². The summed E-state index contributed by atoms with van der Waals surface area (Å²) in [7, 11) is 0. The van der Waals surface area contributed by atoms with Gasteiger partial charge in [-0.15, -0.1) is 0 Å². The molecular formula is C7H11F2NO2. The van der Waals surface area contributed by atoms with Gasteiger partial charge in [-0.2, -0.15) is 0 Å². The quantitative estimate of drug-likeness (QED) is 0.597. The minimum Gasteiger partial charge on any atom is -0.455 e. The maximum Gasteiger partial charge on any atom is 0.303 e. The molecule has 70 valence electrons. The van der Waals surface area contributed by atoms with Crippen LogP contribution in [0.2, 0.25) is 0 Å². The summed E-state index contributed by atoms with van der Waals surface area (Å²) in [5.74, 6) is -3.54. The Morgan fingerprint density at radius 2 is 2.33 bits per heavy atom. The summed E-state index contributed by atoms with van der Waals surface area (Å²) in [5.41, 5.74) is 0. The first-order valence-corrected chi connectivity index (χ1v) is 3.78. The lowest BCUT2D eigenvalue weighted by Crippen LogP contribution is -2.50. The zero-order valence-electron chi connectivity index (χ0n) is 6.77. The van der Waals surface area contributed by atoms with Crippen molar-refractivity contribution in [3.63, 3.8) is 0 Å². The molecule has 1 rings (SSSR count). The molecule has 0 bridgehead atoms. The molecule has 0 aromatic rings. The van der Waals surface area contributed by atoms with Crippen LogP contribution in [0.3, 0.4) is 0 Å². The molecule has 1 aliphatic rings. The predicted molar refractivity (Wildman–Crippen MR) is 38.0 cm³/mol. The third-order valence-corrected chi connectivity index (χ3v) is 1.74. The van der Waals surface area contributed by atoms with Crippen molar-refractivity contribution in [3.8, 4) is 0 Å². The van der Waals surface area contributed by atoms with Crippen LogP contribution in [0.1, 0.15) is 13.3 Å². The molecule has 1 N–H and O–H groups in total. The Balaban J connectivity index is 2.54. The van der Waals surface area contributed by atoms with Gasteiger partial charge in [-0.25, -0.2) is 8.78 Å². The van der Waals surface area contributed by atoms with Crippen molar-refractivity contribution in [2.45, 2.75) is 25.4 Å². The van der Waals surface area contributed by atoms with E-state index in [9.17, 15) is 13.6 Å². The van der Waals surface area contributed by atoms with Crippen molar-refractivity contribution in [3.05, 3.63) is 0 Å². The summed E-state index contributed by atoms with van der Waals surface area (Å²) in [4.78, 5) is 10.4. The van der Waals surface area contributed by atoms with Crippen LogP contribution in [0.5, 0.6) is 0 Å². The number of hydrogen-bond donors (Lipinski definition) is 1. The van der Waals surface area contributed by atoms with E-state index in [1.54, 1.807) is 0 Å². The fourth-order valence-corrected chi connectivity index (χ4v) is 1.13. The van der Waals surface area contributed by atoms with Gasteiger partial charge in [-0.05, 0) is 0 Å². The van der Waals surface area contributed by atoms with E-state index in [2.05, 4.69) is 10.1 Å². The number of esters is 1. The predicted octanol–water partition coefficient (Wildman–Crippen LogP) is 0.547. The summed E-state index contributed by atoms with van der Waals surface area (Å²) < 4.78 is 30.3. The maximum atomic E-state index is 12.9. The van der Waals surface area contributed by atoms with Crippen LogP contribution >= 0.6 is 0 Å². The first-order chi connectivity index (χ1) is 5.52. The molecule has 12 heavy (non-hydrogen) atoms. The summed E-state index contributed by atoms with van der Waals surface area (Å²) in [6.07, 6.45) is -1.57. The molecule has 1 atom stereocenters. The molecule has 0 aromatic heterocycles. The zero-order valence-corrected chi connectivity index (χ0v) is 6.77. The Morgan fingerprint density at radius 1 is 1.67 bits per heavy atom. The Hall–Kier alpha value is -0.710. The Labute approximate surface area is 69.1 Å². The van der Waals surface area contributed by atoms with Crippen LogP contribution in [0.15, 0.2) is 0 Å². The second kappa shape index (κ2) is 3.35. The second-order valence-corrected chi connectivity index (χ2v) is 2.81. The number of carbonyl (C=O) groups is 1. The molecule has 3 nitrogen and oxygen atoms in total.